The third-order valence-corrected chi connectivity index (χ3v) is 5.77. The van der Waals surface area contributed by atoms with Crippen LogP contribution in [0.25, 0.3) is 11.1 Å². The van der Waals surface area contributed by atoms with Gasteiger partial charge in [0.15, 0.2) is 20.6 Å². The number of rotatable bonds is 4. The molecule has 0 aliphatic heterocycles. The topological polar surface area (TPSA) is 97.0 Å². The lowest BCUT2D eigenvalue weighted by Crippen LogP contribution is -2.36. The van der Waals surface area contributed by atoms with E-state index in [4.69, 9.17) is 22.3 Å². The van der Waals surface area contributed by atoms with E-state index in [0.29, 0.717) is 0 Å². The average molecular weight is 347 g/mol. The van der Waals surface area contributed by atoms with Gasteiger partial charge in [0.1, 0.15) is 6.20 Å². The third kappa shape index (κ3) is 3.46. The highest BCUT2D eigenvalue weighted by Gasteiger charge is 2.28. The van der Waals surface area contributed by atoms with Gasteiger partial charge in [-0.05, 0) is 28.8 Å². The van der Waals surface area contributed by atoms with Crippen molar-refractivity contribution in [2.75, 3.05) is 0 Å². The summed E-state index contributed by atoms with van der Waals surface area (Å²) < 4.78 is 24.7. The Bertz CT molecular complexity index is 909. The molecule has 2 aromatic rings. The van der Waals surface area contributed by atoms with Crippen LogP contribution in [-0.2, 0) is 9.84 Å². The first-order chi connectivity index (χ1) is 10.9. The van der Waals surface area contributed by atoms with Crippen molar-refractivity contribution in [3.63, 3.8) is 0 Å². The van der Waals surface area contributed by atoms with Crippen molar-refractivity contribution < 1.29 is 13.1 Å². The van der Waals surface area contributed by atoms with E-state index < -0.39 is 14.5 Å². The van der Waals surface area contributed by atoms with Crippen molar-refractivity contribution in [1.29, 1.82) is 5.26 Å². The zero-order valence-corrected chi connectivity index (χ0v) is 13.6. The zero-order valence-electron chi connectivity index (χ0n) is 12.0. The second kappa shape index (κ2) is 6.71. The summed E-state index contributed by atoms with van der Waals surface area (Å²) in [5, 5.41) is 21.4. The van der Waals surface area contributed by atoms with Gasteiger partial charge in [0, 0.05) is 11.6 Å². The molecular weight excluding hydrogens is 336 g/mol. The monoisotopic (exact) mass is 346 g/mol. The number of aromatic nitrogens is 2. The number of nitriles is 1. The standard InChI is InChI=1S/C15H11ClN4O2S/c1-11-2-4-14(5-3-11)23(21,22)15(16)12-6-7-20(19-10-12)13(8-17)9-18/h2-7,10,15H,1H3. The molecule has 23 heavy (non-hydrogen) atoms. The Kier molecular flexibility index (Phi) is 4.92. The molecule has 6 nitrogen and oxygen atoms in total. The molecule has 8 heteroatoms. The molecule has 0 N–H and O–H groups in total. The molecule has 1 unspecified atom stereocenters. The van der Waals surface area contributed by atoms with Gasteiger partial charge in [-0.15, -0.1) is 0 Å². The maximum Gasteiger partial charge on any atom is 0.335 e. The largest absolute Gasteiger partial charge is 0.757 e. The Morgan fingerprint density at radius 1 is 1.35 bits per heavy atom. The summed E-state index contributed by atoms with van der Waals surface area (Å²) in [5.41, 5.74) is 0.955. The molecule has 1 aromatic heterocycles. The van der Waals surface area contributed by atoms with E-state index in [1.807, 2.05) is 6.92 Å². The summed E-state index contributed by atoms with van der Waals surface area (Å²) in [5.74, 6) is 1.68. The molecule has 0 aliphatic carbocycles. The van der Waals surface area contributed by atoms with Gasteiger partial charge in [-0.2, -0.15) is 11.1 Å². The highest BCUT2D eigenvalue weighted by molar-refractivity contribution is 7.92. The van der Waals surface area contributed by atoms with Crippen molar-refractivity contribution in [3.8, 4) is 6.07 Å². The number of benzene rings is 1. The summed E-state index contributed by atoms with van der Waals surface area (Å²) in [6, 6.07) is 9.46. The van der Waals surface area contributed by atoms with Gasteiger partial charge in [-0.25, -0.2) is 8.42 Å². The predicted octanol–water partition coefficient (Wildman–Crippen LogP) is 1.99. The Morgan fingerprint density at radius 2 is 2.00 bits per heavy atom. The van der Waals surface area contributed by atoms with Gasteiger partial charge in [-0.1, -0.05) is 29.3 Å². The molecule has 1 heterocycles. The van der Waals surface area contributed by atoms with E-state index in [2.05, 4.69) is 5.10 Å². The van der Waals surface area contributed by atoms with Crippen LogP contribution in [0.1, 0.15) is 15.8 Å². The lowest BCUT2D eigenvalue weighted by Gasteiger charge is -2.10. The van der Waals surface area contributed by atoms with Gasteiger partial charge in [0.05, 0.1) is 4.90 Å². The molecule has 0 spiro atoms. The van der Waals surface area contributed by atoms with Crippen LogP contribution in [-0.4, -0.2) is 19.4 Å². The van der Waals surface area contributed by atoms with Crippen LogP contribution in [0.5, 0.6) is 0 Å². The highest BCUT2D eigenvalue weighted by Crippen LogP contribution is 2.31. The Labute approximate surface area is 138 Å². The molecular formula is C15H11ClN4O2S. The van der Waals surface area contributed by atoms with Crippen molar-refractivity contribution in [1.82, 2.24) is 5.10 Å². The summed E-state index contributed by atoms with van der Waals surface area (Å²) in [4.78, 5) is 0.112. The first-order valence-electron chi connectivity index (χ1n) is 6.40. The van der Waals surface area contributed by atoms with Crippen LogP contribution < -0.4 is 4.68 Å². The number of hydrogen-bond acceptors (Lipinski definition) is 4. The van der Waals surface area contributed by atoms with E-state index in [-0.39, 0.29) is 16.2 Å². The van der Waals surface area contributed by atoms with Crippen molar-refractivity contribution >= 4 is 33.0 Å². The summed E-state index contributed by atoms with van der Waals surface area (Å²) in [6.07, 6.45) is 2.54. The maximum atomic E-state index is 12.5. The zero-order chi connectivity index (χ0) is 17.0. The molecule has 0 saturated heterocycles. The molecule has 116 valence electrons. The van der Waals surface area contributed by atoms with E-state index >= 15 is 0 Å². The van der Waals surface area contributed by atoms with Gasteiger partial charge >= 0.3 is 5.70 Å². The second-order valence-corrected chi connectivity index (χ2v) is 7.38. The lowest BCUT2D eigenvalue weighted by atomic mass is 10.2. The van der Waals surface area contributed by atoms with Crippen molar-refractivity contribution in [2.24, 2.45) is 0 Å². The SMILES string of the molecule is Cc1ccc(S(=O)(=O)C(Cl)c2cc[n+](C(=C=[N-])C#N)nc2)cc1. The summed E-state index contributed by atoms with van der Waals surface area (Å²) in [6.45, 7) is 1.85. The molecule has 0 radical (unpaired) electrons. The number of allylic oxidation sites excluding steroid dienone is 1. The van der Waals surface area contributed by atoms with Crippen molar-refractivity contribution in [3.05, 3.63) is 59.3 Å². The predicted molar refractivity (Wildman–Crippen MR) is 85.1 cm³/mol. The smallest absolute Gasteiger partial charge is 0.335 e. The van der Waals surface area contributed by atoms with E-state index in [9.17, 15) is 8.42 Å². The fourth-order valence-corrected chi connectivity index (χ4v) is 3.48. The molecule has 2 rings (SSSR count). The van der Waals surface area contributed by atoms with E-state index in [0.717, 1.165) is 10.2 Å². The molecule has 0 amide bonds. The minimum absolute atomic E-state index is 0.112. The van der Waals surface area contributed by atoms with Gasteiger partial charge in [-0.3, -0.25) is 0 Å². The maximum absolute atomic E-state index is 12.5. The number of hydrogen-bond donors (Lipinski definition) is 0. The number of aryl methyl sites for hydroxylation is 1. The minimum Gasteiger partial charge on any atom is -0.757 e. The van der Waals surface area contributed by atoms with Gasteiger partial charge in [0.2, 0.25) is 6.20 Å². The molecule has 0 saturated carbocycles. The van der Waals surface area contributed by atoms with Crippen LogP contribution >= 0.6 is 11.6 Å². The van der Waals surface area contributed by atoms with Crippen LogP contribution in [0.3, 0.4) is 0 Å². The first-order valence-corrected chi connectivity index (χ1v) is 8.38. The Morgan fingerprint density at radius 3 is 2.48 bits per heavy atom. The fraction of sp³-hybridized carbons (Fsp3) is 0.133. The number of sulfone groups is 1. The molecule has 0 bridgehead atoms. The first kappa shape index (κ1) is 16.8. The Balaban J connectivity index is 2.36. The number of alkyl halides is 1. The second-order valence-electron chi connectivity index (χ2n) is 4.65. The lowest BCUT2D eigenvalue weighted by molar-refractivity contribution is -0.641. The molecule has 0 aliphatic rings. The summed E-state index contributed by atoms with van der Waals surface area (Å²) >= 11 is 6.10. The molecule has 0 fully saturated rings. The van der Waals surface area contributed by atoms with E-state index in [1.165, 1.54) is 30.6 Å². The minimum atomic E-state index is -3.77. The number of nitrogens with zero attached hydrogens (tertiary/aromatic N) is 4. The van der Waals surface area contributed by atoms with Crippen LogP contribution in [0.2, 0.25) is 0 Å². The average Bonchev–Trinajstić information content (AvgIpc) is 2.56. The van der Waals surface area contributed by atoms with Crippen molar-refractivity contribution in [2.45, 2.75) is 16.5 Å². The van der Waals surface area contributed by atoms with E-state index in [1.54, 1.807) is 24.1 Å². The highest BCUT2D eigenvalue weighted by atomic mass is 35.5. The van der Waals surface area contributed by atoms with Gasteiger partial charge in [0.25, 0.3) is 0 Å². The van der Waals surface area contributed by atoms with Gasteiger partial charge < -0.3 is 5.41 Å². The fourth-order valence-electron chi connectivity index (χ4n) is 1.79. The third-order valence-electron chi connectivity index (χ3n) is 3.06. The van der Waals surface area contributed by atoms with Crippen LogP contribution in [0.4, 0.5) is 0 Å². The quantitative estimate of drug-likeness (QED) is 0.366. The summed E-state index contributed by atoms with van der Waals surface area (Å²) in [7, 11) is -3.77. The van der Waals surface area contributed by atoms with Crippen LogP contribution in [0.15, 0.2) is 47.6 Å². The van der Waals surface area contributed by atoms with Crippen LogP contribution in [0, 0.1) is 18.3 Å². The molecule has 1 atom stereocenters. The normalized spacial score (nSPS) is 12.0. The number of halogens is 1. The Hall–Kier alpha value is -2.52. The molecule has 1 aromatic carbocycles.